The highest BCUT2D eigenvalue weighted by Crippen LogP contribution is 2.33. The van der Waals surface area contributed by atoms with Gasteiger partial charge in [0.15, 0.2) is 0 Å². The molecule has 1 saturated carbocycles. The predicted octanol–water partition coefficient (Wildman–Crippen LogP) is 1.33. The predicted molar refractivity (Wildman–Crippen MR) is 58.9 cm³/mol. The molecule has 0 aromatic heterocycles. The number of nitrogens with two attached hydrogens (primary N) is 1. The van der Waals surface area contributed by atoms with Crippen molar-refractivity contribution in [2.75, 3.05) is 11.5 Å². The molecule has 3 nitrogen and oxygen atoms in total. The van der Waals surface area contributed by atoms with Gasteiger partial charge in [-0.25, -0.2) is 8.42 Å². The largest absolute Gasteiger partial charge is 0.328 e. The summed E-state index contributed by atoms with van der Waals surface area (Å²) in [6, 6.07) is 0.217. The molecule has 0 heterocycles. The third-order valence-corrected chi connectivity index (χ3v) is 4.59. The Morgan fingerprint density at radius 1 is 1.43 bits per heavy atom. The monoisotopic (exact) mass is 219 g/mol. The van der Waals surface area contributed by atoms with E-state index in [0.717, 1.165) is 25.2 Å². The third-order valence-electron chi connectivity index (χ3n) is 2.80. The minimum absolute atomic E-state index is 0.217. The van der Waals surface area contributed by atoms with Gasteiger partial charge in [-0.15, -0.1) is 0 Å². The van der Waals surface area contributed by atoms with E-state index in [4.69, 9.17) is 5.73 Å². The minimum atomic E-state index is -2.78. The Bertz CT molecular complexity index is 257. The number of hydrogen-bond donors (Lipinski definition) is 1. The lowest BCUT2D eigenvalue weighted by Crippen LogP contribution is -2.22. The van der Waals surface area contributed by atoms with Crippen molar-refractivity contribution in [2.24, 2.45) is 11.7 Å². The van der Waals surface area contributed by atoms with Gasteiger partial charge in [-0.05, 0) is 25.2 Å². The highest BCUT2D eigenvalue weighted by atomic mass is 32.2. The summed E-state index contributed by atoms with van der Waals surface area (Å²) in [6.07, 6.45) is 5.31. The fourth-order valence-electron chi connectivity index (χ4n) is 1.61. The van der Waals surface area contributed by atoms with Crippen molar-refractivity contribution in [2.45, 2.75) is 45.1 Å². The van der Waals surface area contributed by atoms with Crippen LogP contribution in [0.4, 0.5) is 0 Å². The van der Waals surface area contributed by atoms with E-state index in [-0.39, 0.29) is 11.8 Å². The molecule has 0 saturated heterocycles. The van der Waals surface area contributed by atoms with Crippen LogP contribution in [0, 0.1) is 5.92 Å². The second-order valence-electron chi connectivity index (χ2n) is 4.32. The molecule has 1 aliphatic carbocycles. The SMILES string of the molecule is CCS(=O)(=O)CCCC(N)CC1CC1. The Morgan fingerprint density at radius 3 is 2.57 bits per heavy atom. The average Bonchev–Trinajstić information content (AvgIpc) is 2.88. The van der Waals surface area contributed by atoms with Crippen molar-refractivity contribution >= 4 is 9.84 Å². The Kier molecular flexibility index (Phi) is 4.38. The zero-order valence-electron chi connectivity index (χ0n) is 8.91. The Hall–Kier alpha value is -0.0900. The molecule has 0 spiro atoms. The number of sulfone groups is 1. The highest BCUT2D eigenvalue weighted by Gasteiger charge is 2.23. The van der Waals surface area contributed by atoms with Gasteiger partial charge in [0.25, 0.3) is 0 Å². The quantitative estimate of drug-likeness (QED) is 0.702. The van der Waals surface area contributed by atoms with Gasteiger partial charge in [-0.3, -0.25) is 0 Å². The molecule has 0 aromatic rings. The molecule has 0 aliphatic heterocycles. The summed E-state index contributed by atoms with van der Waals surface area (Å²) in [5.74, 6) is 1.40. The Labute approximate surface area is 87.0 Å². The summed E-state index contributed by atoms with van der Waals surface area (Å²) in [7, 11) is -2.78. The maximum atomic E-state index is 11.2. The summed E-state index contributed by atoms with van der Waals surface area (Å²) in [6.45, 7) is 1.69. The lowest BCUT2D eigenvalue weighted by molar-refractivity contribution is 0.524. The van der Waals surface area contributed by atoms with Crippen molar-refractivity contribution in [1.29, 1.82) is 0 Å². The van der Waals surface area contributed by atoms with Crippen LogP contribution in [0.5, 0.6) is 0 Å². The normalized spacial score (nSPS) is 19.6. The first-order valence-electron chi connectivity index (χ1n) is 5.49. The van der Waals surface area contributed by atoms with Crippen LogP contribution >= 0.6 is 0 Å². The molecule has 2 N–H and O–H groups in total. The molecule has 14 heavy (non-hydrogen) atoms. The molecule has 0 radical (unpaired) electrons. The lowest BCUT2D eigenvalue weighted by Gasteiger charge is -2.10. The number of hydrogen-bond acceptors (Lipinski definition) is 3. The molecular weight excluding hydrogens is 198 g/mol. The molecule has 84 valence electrons. The van der Waals surface area contributed by atoms with E-state index in [1.165, 1.54) is 12.8 Å². The zero-order valence-corrected chi connectivity index (χ0v) is 9.72. The number of rotatable bonds is 7. The first-order chi connectivity index (χ1) is 6.53. The smallest absolute Gasteiger partial charge is 0.150 e. The topological polar surface area (TPSA) is 60.2 Å². The van der Waals surface area contributed by atoms with Crippen LogP contribution in [-0.2, 0) is 9.84 Å². The molecule has 1 unspecified atom stereocenters. The highest BCUT2D eigenvalue weighted by molar-refractivity contribution is 7.91. The van der Waals surface area contributed by atoms with Gasteiger partial charge in [0.2, 0.25) is 0 Å². The van der Waals surface area contributed by atoms with E-state index in [0.29, 0.717) is 5.75 Å². The van der Waals surface area contributed by atoms with Gasteiger partial charge in [-0.2, -0.15) is 0 Å². The first kappa shape index (κ1) is 12.0. The van der Waals surface area contributed by atoms with Crippen LogP contribution in [0.2, 0.25) is 0 Å². The summed E-state index contributed by atoms with van der Waals surface area (Å²) in [4.78, 5) is 0. The molecule has 1 aliphatic rings. The lowest BCUT2D eigenvalue weighted by atomic mass is 10.1. The summed E-state index contributed by atoms with van der Waals surface area (Å²) in [5, 5.41) is 0. The van der Waals surface area contributed by atoms with E-state index in [1.807, 2.05) is 0 Å². The van der Waals surface area contributed by atoms with Crippen molar-refractivity contribution in [3.8, 4) is 0 Å². The van der Waals surface area contributed by atoms with Crippen LogP contribution in [0.25, 0.3) is 0 Å². The standard InChI is InChI=1S/C10H21NO2S/c1-2-14(12,13)7-3-4-10(11)8-9-5-6-9/h9-10H,2-8,11H2,1H3. The van der Waals surface area contributed by atoms with Gasteiger partial charge in [0, 0.05) is 11.8 Å². The molecule has 0 aromatic carbocycles. The van der Waals surface area contributed by atoms with E-state index in [2.05, 4.69) is 0 Å². The van der Waals surface area contributed by atoms with Gasteiger partial charge in [0.05, 0.1) is 5.75 Å². The fraction of sp³-hybridized carbons (Fsp3) is 1.00. The van der Waals surface area contributed by atoms with Gasteiger partial charge >= 0.3 is 0 Å². The molecule has 0 amide bonds. The summed E-state index contributed by atoms with van der Waals surface area (Å²) < 4.78 is 22.3. The van der Waals surface area contributed by atoms with E-state index in [9.17, 15) is 8.42 Å². The van der Waals surface area contributed by atoms with Crippen molar-refractivity contribution in [3.63, 3.8) is 0 Å². The van der Waals surface area contributed by atoms with Crippen molar-refractivity contribution in [1.82, 2.24) is 0 Å². The van der Waals surface area contributed by atoms with Crippen molar-refractivity contribution < 1.29 is 8.42 Å². The average molecular weight is 219 g/mol. The maximum Gasteiger partial charge on any atom is 0.150 e. The summed E-state index contributed by atoms with van der Waals surface area (Å²) >= 11 is 0. The van der Waals surface area contributed by atoms with Crippen LogP contribution in [-0.4, -0.2) is 26.0 Å². The van der Waals surface area contributed by atoms with E-state index < -0.39 is 9.84 Å². The summed E-state index contributed by atoms with van der Waals surface area (Å²) in [5.41, 5.74) is 5.89. The minimum Gasteiger partial charge on any atom is -0.328 e. The van der Waals surface area contributed by atoms with E-state index >= 15 is 0 Å². The van der Waals surface area contributed by atoms with Crippen LogP contribution < -0.4 is 5.73 Å². The second-order valence-corrected chi connectivity index (χ2v) is 6.79. The van der Waals surface area contributed by atoms with Crippen molar-refractivity contribution in [3.05, 3.63) is 0 Å². The third kappa shape index (κ3) is 4.96. The fourth-order valence-corrected chi connectivity index (χ4v) is 2.50. The maximum absolute atomic E-state index is 11.2. The van der Waals surface area contributed by atoms with E-state index in [1.54, 1.807) is 6.92 Å². The Morgan fingerprint density at radius 2 is 2.07 bits per heavy atom. The van der Waals surface area contributed by atoms with Gasteiger partial charge in [0.1, 0.15) is 9.84 Å². The van der Waals surface area contributed by atoms with Crippen LogP contribution in [0.1, 0.15) is 39.0 Å². The van der Waals surface area contributed by atoms with Crippen LogP contribution in [0.3, 0.4) is 0 Å². The second kappa shape index (κ2) is 5.12. The first-order valence-corrected chi connectivity index (χ1v) is 7.31. The molecule has 0 bridgehead atoms. The Balaban J connectivity index is 2.07. The van der Waals surface area contributed by atoms with Gasteiger partial charge in [-0.1, -0.05) is 19.8 Å². The molecule has 1 fully saturated rings. The molecule has 1 rings (SSSR count). The molecular formula is C10H21NO2S. The molecule has 4 heteroatoms. The van der Waals surface area contributed by atoms with Crippen LogP contribution in [0.15, 0.2) is 0 Å². The van der Waals surface area contributed by atoms with Gasteiger partial charge < -0.3 is 5.73 Å². The zero-order chi connectivity index (χ0) is 10.6. The molecule has 1 atom stereocenters.